The summed E-state index contributed by atoms with van der Waals surface area (Å²) in [6.07, 6.45) is 2.82. The fourth-order valence-electron chi connectivity index (χ4n) is 2.49. The van der Waals surface area contributed by atoms with E-state index in [9.17, 15) is 0 Å². The van der Waals surface area contributed by atoms with Crippen LogP contribution in [-0.2, 0) is 6.54 Å². The van der Waals surface area contributed by atoms with Crippen molar-refractivity contribution in [2.75, 3.05) is 23.3 Å². The molecule has 1 saturated heterocycles. The maximum absolute atomic E-state index is 5.95. The second-order valence-corrected chi connectivity index (χ2v) is 5.57. The highest BCUT2D eigenvalue weighted by Gasteiger charge is 2.20. The highest BCUT2D eigenvalue weighted by Crippen LogP contribution is 2.18. The molecule has 2 aromatic rings. The van der Waals surface area contributed by atoms with Crippen LogP contribution in [0.5, 0.6) is 0 Å². The standard InChI is InChI=1S/C16H21N5/c1-12-2-4-13(5-3-12)10-19-16-18-8-6-15(20-16)21-9-7-14(17)11-21/h2-6,8,14H,7,9-11,17H2,1H3,(H,18,19,20)/t14-/m1/s1. The number of nitrogens with one attached hydrogen (secondary N) is 1. The second kappa shape index (κ2) is 6.10. The highest BCUT2D eigenvalue weighted by molar-refractivity contribution is 5.44. The van der Waals surface area contributed by atoms with Crippen molar-refractivity contribution in [3.8, 4) is 0 Å². The van der Waals surface area contributed by atoms with Gasteiger partial charge in [-0.25, -0.2) is 4.98 Å². The topological polar surface area (TPSA) is 67.1 Å². The lowest BCUT2D eigenvalue weighted by Gasteiger charge is -2.17. The predicted octanol–water partition coefficient (Wildman–Crippen LogP) is 1.93. The van der Waals surface area contributed by atoms with E-state index in [2.05, 4.69) is 51.4 Å². The van der Waals surface area contributed by atoms with Crippen molar-refractivity contribution in [1.29, 1.82) is 0 Å². The van der Waals surface area contributed by atoms with Crippen LogP contribution in [0.2, 0.25) is 0 Å². The van der Waals surface area contributed by atoms with Gasteiger partial charge in [-0.05, 0) is 25.0 Å². The summed E-state index contributed by atoms with van der Waals surface area (Å²) in [5, 5.41) is 3.28. The first-order valence-electron chi connectivity index (χ1n) is 7.34. The Labute approximate surface area is 125 Å². The van der Waals surface area contributed by atoms with Crippen LogP contribution >= 0.6 is 0 Å². The average Bonchev–Trinajstić information content (AvgIpc) is 2.94. The third-order valence-corrected chi connectivity index (χ3v) is 3.76. The zero-order valence-electron chi connectivity index (χ0n) is 12.3. The van der Waals surface area contributed by atoms with Gasteiger partial charge in [0, 0.05) is 31.9 Å². The molecule has 110 valence electrons. The number of benzene rings is 1. The number of aromatic nitrogens is 2. The summed E-state index contributed by atoms with van der Waals surface area (Å²) in [5.74, 6) is 1.61. The Hall–Kier alpha value is -2.14. The molecule has 0 radical (unpaired) electrons. The molecule has 1 aliphatic rings. The molecule has 0 spiro atoms. The summed E-state index contributed by atoms with van der Waals surface area (Å²) in [5.41, 5.74) is 8.43. The van der Waals surface area contributed by atoms with Gasteiger partial charge in [0.05, 0.1) is 0 Å². The van der Waals surface area contributed by atoms with Crippen molar-refractivity contribution in [2.45, 2.75) is 25.9 Å². The number of hydrogen-bond acceptors (Lipinski definition) is 5. The van der Waals surface area contributed by atoms with Crippen LogP contribution in [0, 0.1) is 6.92 Å². The first-order chi connectivity index (χ1) is 10.2. The van der Waals surface area contributed by atoms with E-state index in [1.54, 1.807) is 6.20 Å². The van der Waals surface area contributed by atoms with Crippen molar-refractivity contribution < 1.29 is 0 Å². The Morgan fingerprint density at radius 1 is 1.29 bits per heavy atom. The smallest absolute Gasteiger partial charge is 0.224 e. The number of hydrogen-bond donors (Lipinski definition) is 2. The molecular weight excluding hydrogens is 262 g/mol. The van der Waals surface area contributed by atoms with Gasteiger partial charge in [-0.1, -0.05) is 29.8 Å². The summed E-state index contributed by atoms with van der Waals surface area (Å²) in [6.45, 7) is 4.65. The first-order valence-corrected chi connectivity index (χ1v) is 7.34. The molecule has 0 aliphatic carbocycles. The van der Waals surface area contributed by atoms with Gasteiger partial charge in [-0.15, -0.1) is 0 Å². The van der Waals surface area contributed by atoms with Crippen molar-refractivity contribution in [1.82, 2.24) is 9.97 Å². The molecule has 1 fully saturated rings. The van der Waals surface area contributed by atoms with E-state index < -0.39 is 0 Å². The van der Waals surface area contributed by atoms with Crippen molar-refractivity contribution in [3.05, 3.63) is 47.7 Å². The lowest BCUT2D eigenvalue weighted by molar-refractivity contribution is 0.751. The van der Waals surface area contributed by atoms with Crippen LogP contribution in [0.1, 0.15) is 17.5 Å². The molecule has 0 unspecified atom stereocenters. The van der Waals surface area contributed by atoms with E-state index in [4.69, 9.17) is 5.73 Å². The average molecular weight is 283 g/mol. The SMILES string of the molecule is Cc1ccc(CNc2nccc(N3CC[C@@H](N)C3)n2)cc1. The fraction of sp³-hybridized carbons (Fsp3) is 0.375. The minimum atomic E-state index is 0.254. The zero-order chi connectivity index (χ0) is 14.7. The molecule has 5 nitrogen and oxygen atoms in total. The zero-order valence-corrected chi connectivity index (χ0v) is 12.3. The molecule has 3 rings (SSSR count). The summed E-state index contributed by atoms with van der Waals surface area (Å²) in [6, 6.07) is 10.6. The molecule has 5 heteroatoms. The van der Waals surface area contributed by atoms with Crippen molar-refractivity contribution in [3.63, 3.8) is 0 Å². The quantitative estimate of drug-likeness (QED) is 0.897. The van der Waals surface area contributed by atoms with E-state index >= 15 is 0 Å². The maximum Gasteiger partial charge on any atom is 0.224 e. The molecule has 1 atom stereocenters. The Morgan fingerprint density at radius 2 is 2.10 bits per heavy atom. The molecule has 1 aromatic carbocycles. The number of nitrogens with zero attached hydrogens (tertiary/aromatic N) is 3. The van der Waals surface area contributed by atoms with Crippen molar-refractivity contribution in [2.24, 2.45) is 5.73 Å². The van der Waals surface area contributed by atoms with E-state index in [0.29, 0.717) is 5.95 Å². The van der Waals surface area contributed by atoms with Gasteiger partial charge in [-0.2, -0.15) is 4.98 Å². The monoisotopic (exact) mass is 283 g/mol. The number of nitrogens with two attached hydrogens (primary N) is 1. The summed E-state index contributed by atoms with van der Waals surface area (Å²) in [7, 11) is 0. The molecule has 0 bridgehead atoms. The molecule has 2 heterocycles. The first kappa shape index (κ1) is 13.8. The van der Waals surface area contributed by atoms with Gasteiger partial charge in [0.1, 0.15) is 5.82 Å². The maximum atomic E-state index is 5.95. The minimum Gasteiger partial charge on any atom is -0.355 e. The van der Waals surface area contributed by atoms with Gasteiger partial charge >= 0.3 is 0 Å². The molecular formula is C16H21N5. The van der Waals surface area contributed by atoms with Crippen LogP contribution in [0.3, 0.4) is 0 Å². The molecule has 1 aliphatic heterocycles. The third-order valence-electron chi connectivity index (χ3n) is 3.76. The van der Waals surface area contributed by atoms with E-state index in [0.717, 1.165) is 31.9 Å². The van der Waals surface area contributed by atoms with Gasteiger partial charge in [0.2, 0.25) is 5.95 Å². The minimum absolute atomic E-state index is 0.254. The number of rotatable bonds is 4. The van der Waals surface area contributed by atoms with Gasteiger partial charge in [-0.3, -0.25) is 0 Å². The molecule has 1 aromatic heterocycles. The van der Waals surface area contributed by atoms with E-state index in [-0.39, 0.29) is 6.04 Å². The van der Waals surface area contributed by atoms with Gasteiger partial charge in [0.25, 0.3) is 0 Å². The normalized spacial score (nSPS) is 18.0. The van der Waals surface area contributed by atoms with Crippen LogP contribution in [0.25, 0.3) is 0 Å². The summed E-state index contributed by atoms with van der Waals surface area (Å²) >= 11 is 0. The van der Waals surface area contributed by atoms with E-state index in [1.165, 1.54) is 11.1 Å². The van der Waals surface area contributed by atoms with Crippen molar-refractivity contribution >= 4 is 11.8 Å². The van der Waals surface area contributed by atoms with Gasteiger partial charge < -0.3 is 16.0 Å². The predicted molar refractivity (Wildman–Crippen MR) is 85.3 cm³/mol. The van der Waals surface area contributed by atoms with Crippen LogP contribution < -0.4 is 16.0 Å². The number of anilines is 2. The largest absolute Gasteiger partial charge is 0.355 e. The molecule has 21 heavy (non-hydrogen) atoms. The second-order valence-electron chi connectivity index (χ2n) is 5.57. The molecule has 0 amide bonds. The summed E-state index contributed by atoms with van der Waals surface area (Å²) in [4.78, 5) is 11.1. The molecule has 0 saturated carbocycles. The van der Waals surface area contributed by atoms with Gasteiger partial charge in [0.15, 0.2) is 0 Å². The Balaban J connectivity index is 1.64. The van der Waals surface area contributed by atoms with Crippen LogP contribution in [0.4, 0.5) is 11.8 Å². The summed E-state index contributed by atoms with van der Waals surface area (Å²) < 4.78 is 0. The Bertz CT molecular complexity index is 596. The Kier molecular flexibility index (Phi) is 4.01. The Morgan fingerprint density at radius 3 is 2.81 bits per heavy atom. The van der Waals surface area contributed by atoms with Crippen LogP contribution in [-0.4, -0.2) is 29.1 Å². The van der Waals surface area contributed by atoms with Crippen LogP contribution in [0.15, 0.2) is 36.5 Å². The fourth-order valence-corrected chi connectivity index (χ4v) is 2.49. The lowest BCUT2D eigenvalue weighted by atomic mass is 10.1. The highest BCUT2D eigenvalue weighted by atomic mass is 15.2. The van der Waals surface area contributed by atoms with E-state index in [1.807, 2.05) is 6.07 Å². The lowest BCUT2D eigenvalue weighted by Crippen LogP contribution is -2.27. The third kappa shape index (κ3) is 3.49. The number of aryl methyl sites for hydroxylation is 1. The molecule has 3 N–H and O–H groups in total.